The zero-order valence-corrected chi connectivity index (χ0v) is 27.1. The van der Waals surface area contributed by atoms with Crippen LogP contribution in [0.15, 0.2) is 24.0 Å². The molecule has 15 nitrogen and oxygen atoms in total. The molecule has 0 saturated carbocycles. The molecule has 47 heavy (non-hydrogen) atoms. The molecule has 0 amide bonds. The number of rotatable bonds is 9. The second-order valence-electron chi connectivity index (χ2n) is 11.5. The number of aliphatic hydroxyl groups is 2. The smallest absolute Gasteiger partial charge is 0.232 e. The van der Waals surface area contributed by atoms with Gasteiger partial charge in [0.15, 0.2) is 18.7 Å². The van der Waals surface area contributed by atoms with Crippen molar-refractivity contribution < 1.29 is 72.7 Å². The maximum Gasteiger partial charge on any atom is 0.232 e. The van der Waals surface area contributed by atoms with Crippen LogP contribution in [0.1, 0.15) is 45.1 Å². The predicted octanol–water partition coefficient (Wildman–Crippen LogP) is 0.980. The van der Waals surface area contributed by atoms with Gasteiger partial charge >= 0.3 is 0 Å². The molecule has 0 radical (unpaired) electrons. The number of carbonyl (C=O) groups is 3. The van der Waals surface area contributed by atoms with Gasteiger partial charge in [-0.15, -0.1) is 0 Å². The fraction of sp³-hybridized carbons (Fsp3) is 0.531. The van der Waals surface area contributed by atoms with E-state index in [4.69, 9.17) is 37.9 Å². The first-order valence-electron chi connectivity index (χ1n) is 14.5. The van der Waals surface area contributed by atoms with Crippen LogP contribution in [0, 0.1) is 6.92 Å². The van der Waals surface area contributed by atoms with Crippen LogP contribution in [0.4, 0.5) is 0 Å². The van der Waals surface area contributed by atoms with Gasteiger partial charge in [-0.2, -0.15) is 0 Å². The molecule has 2 aliphatic carbocycles. The fourth-order valence-electron chi connectivity index (χ4n) is 7.16. The summed E-state index contributed by atoms with van der Waals surface area (Å²) in [6.45, 7) is 3.13. The number of benzene rings is 2. The molecule has 1 saturated heterocycles. The highest BCUT2D eigenvalue weighted by atomic mass is 16.7. The minimum absolute atomic E-state index is 0.0273. The molecule has 1 fully saturated rings. The van der Waals surface area contributed by atoms with E-state index in [0.29, 0.717) is 0 Å². The fourth-order valence-corrected chi connectivity index (χ4v) is 7.16. The Morgan fingerprint density at radius 1 is 0.915 bits per heavy atom. The van der Waals surface area contributed by atoms with E-state index in [9.17, 15) is 34.8 Å². The van der Waals surface area contributed by atoms with Crippen molar-refractivity contribution in [3.63, 3.8) is 0 Å². The standard InChI is InChI=1S/C32H38O15/c1-12-19-14(10-16(33)20(12)29(38)44-7)9-15-21(22(19)35)27(37)32(45-8)18(34)11-17(40-3)28(31(32,39)26(15)36)47-30-25(43-6)24(42-5)23(41-4)13(2)46-30/h9-11,13,23-25,28-30,33,35,38-39H,1-8H3/t13?,23?,24?,25?,28?,29?,30?,31-,32-/m1/s1. The van der Waals surface area contributed by atoms with Gasteiger partial charge in [-0.05, 0) is 36.9 Å². The largest absolute Gasteiger partial charge is 0.507 e. The number of phenolic OH excluding ortho intramolecular Hbond substituents is 2. The Morgan fingerprint density at radius 3 is 2.11 bits per heavy atom. The minimum atomic E-state index is -3.13. The van der Waals surface area contributed by atoms with Crippen molar-refractivity contribution in [1.29, 1.82) is 0 Å². The monoisotopic (exact) mass is 662 g/mol. The normalized spacial score (nSPS) is 33.0. The third-order valence-electron chi connectivity index (χ3n) is 9.44. The Kier molecular flexibility index (Phi) is 9.26. The molecule has 2 aromatic rings. The molecule has 1 heterocycles. The second kappa shape index (κ2) is 12.5. The summed E-state index contributed by atoms with van der Waals surface area (Å²) in [5.41, 5.74) is -7.19. The lowest BCUT2D eigenvalue weighted by Crippen LogP contribution is -2.78. The predicted molar refractivity (Wildman–Crippen MR) is 159 cm³/mol. The molecule has 4 N–H and O–H groups in total. The van der Waals surface area contributed by atoms with E-state index in [1.165, 1.54) is 48.5 Å². The Labute approximate surface area is 269 Å². The highest BCUT2D eigenvalue weighted by Gasteiger charge is 2.75. The lowest BCUT2D eigenvalue weighted by molar-refractivity contribution is -0.327. The summed E-state index contributed by atoms with van der Waals surface area (Å²) in [5.74, 6) is -5.16. The van der Waals surface area contributed by atoms with E-state index in [2.05, 4.69) is 0 Å². The van der Waals surface area contributed by atoms with Gasteiger partial charge in [0, 0.05) is 52.6 Å². The zero-order chi connectivity index (χ0) is 34.7. The first-order chi connectivity index (χ1) is 22.2. The van der Waals surface area contributed by atoms with Gasteiger partial charge in [-0.3, -0.25) is 14.4 Å². The third-order valence-corrected chi connectivity index (χ3v) is 9.44. The van der Waals surface area contributed by atoms with Crippen LogP contribution in [0.3, 0.4) is 0 Å². The molecule has 0 bridgehead atoms. The third kappa shape index (κ3) is 4.64. The van der Waals surface area contributed by atoms with E-state index in [1.54, 1.807) is 6.92 Å². The molecule has 2 aromatic carbocycles. The van der Waals surface area contributed by atoms with E-state index in [1.807, 2.05) is 0 Å². The van der Waals surface area contributed by atoms with E-state index >= 15 is 0 Å². The van der Waals surface area contributed by atoms with Gasteiger partial charge in [0.2, 0.25) is 28.6 Å². The van der Waals surface area contributed by atoms with Crippen LogP contribution in [-0.2, 0) is 42.7 Å². The van der Waals surface area contributed by atoms with E-state index in [0.717, 1.165) is 19.3 Å². The summed E-state index contributed by atoms with van der Waals surface area (Å²) in [6.07, 6.45) is -7.05. The van der Waals surface area contributed by atoms with Crippen molar-refractivity contribution in [2.75, 3.05) is 42.7 Å². The summed E-state index contributed by atoms with van der Waals surface area (Å²) >= 11 is 0. The molecular formula is C32H38O15. The summed E-state index contributed by atoms with van der Waals surface area (Å²) in [4.78, 5) is 43.0. The molecule has 256 valence electrons. The Hall–Kier alpha value is -3.51. The van der Waals surface area contributed by atoms with Gasteiger partial charge in [-0.1, -0.05) is 0 Å². The topological polar surface area (TPSA) is 206 Å². The van der Waals surface area contributed by atoms with Crippen LogP contribution in [-0.4, -0.2) is 128 Å². The number of hydrogen-bond donors (Lipinski definition) is 4. The average Bonchev–Trinajstić information content (AvgIpc) is 3.04. The summed E-state index contributed by atoms with van der Waals surface area (Å²) in [6, 6.07) is 2.32. The number of carbonyl (C=O) groups excluding carboxylic acids is 3. The number of ether oxygens (including phenoxy) is 8. The molecule has 3 aliphatic rings. The van der Waals surface area contributed by atoms with Gasteiger partial charge < -0.3 is 58.3 Å². The number of ketones is 3. The number of aryl methyl sites for hydroxylation is 1. The van der Waals surface area contributed by atoms with Crippen molar-refractivity contribution in [3.8, 4) is 11.5 Å². The van der Waals surface area contributed by atoms with Gasteiger partial charge in [0.25, 0.3) is 0 Å². The Balaban J connectivity index is 1.75. The molecular weight excluding hydrogens is 624 g/mol. The van der Waals surface area contributed by atoms with Crippen LogP contribution in [0.2, 0.25) is 0 Å². The van der Waals surface area contributed by atoms with Crippen molar-refractivity contribution in [1.82, 2.24) is 0 Å². The maximum atomic E-state index is 14.6. The van der Waals surface area contributed by atoms with E-state index < -0.39 is 94.3 Å². The zero-order valence-electron chi connectivity index (χ0n) is 27.1. The Morgan fingerprint density at radius 2 is 1.55 bits per heavy atom. The number of Topliss-reactive ketones (excluding diaryl/α,β-unsaturated/α-hetero) is 2. The summed E-state index contributed by atoms with van der Waals surface area (Å²) in [7, 11) is 7.57. The summed E-state index contributed by atoms with van der Waals surface area (Å²) in [5, 5.41) is 45.2. The number of aromatic hydroxyl groups is 2. The van der Waals surface area contributed by atoms with Gasteiger partial charge in [0.05, 0.1) is 24.3 Å². The van der Waals surface area contributed by atoms with Crippen molar-refractivity contribution in [2.45, 2.75) is 68.1 Å². The van der Waals surface area contributed by atoms with Crippen LogP contribution in [0.25, 0.3) is 10.8 Å². The van der Waals surface area contributed by atoms with Crippen LogP contribution in [0.5, 0.6) is 11.5 Å². The number of phenols is 2. The van der Waals surface area contributed by atoms with Crippen molar-refractivity contribution >= 4 is 28.1 Å². The van der Waals surface area contributed by atoms with Gasteiger partial charge in [0.1, 0.15) is 35.6 Å². The SMILES string of the molecule is COC1=CC(=O)[C@@]2(OC)C(=O)c3c(cc4cc(O)c(C(O)OC)c(C)c4c3O)C(=O)[C@@]2(O)C1OC1OC(C)C(OC)C(OC)C1OC. The number of hydrogen-bond acceptors (Lipinski definition) is 15. The van der Waals surface area contributed by atoms with Crippen molar-refractivity contribution in [2.24, 2.45) is 0 Å². The van der Waals surface area contributed by atoms with E-state index in [-0.39, 0.29) is 27.7 Å². The Bertz CT molecular complexity index is 1650. The number of methoxy groups -OCH3 is 6. The molecule has 7 unspecified atom stereocenters. The molecule has 9 atom stereocenters. The highest BCUT2D eigenvalue weighted by Crippen LogP contribution is 2.52. The molecule has 0 spiro atoms. The molecule has 1 aliphatic heterocycles. The molecule has 15 heteroatoms. The average molecular weight is 663 g/mol. The second-order valence-corrected chi connectivity index (χ2v) is 11.5. The first kappa shape index (κ1) is 34.8. The minimum Gasteiger partial charge on any atom is -0.507 e. The first-order valence-corrected chi connectivity index (χ1v) is 14.5. The summed E-state index contributed by atoms with van der Waals surface area (Å²) < 4.78 is 45.0. The van der Waals surface area contributed by atoms with Crippen LogP contribution < -0.4 is 0 Å². The number of fused-ring (bicyclic) bond motifs is 3. The lowest BCUT2D eigenvalue weighted by Gasteiger charge is -2.52. The lowest BCUT2D eigenvalue weighted by atomic mass is 9.60. The quantitative estimate of drug-likeness (QED) is 0.218. The maximum absolute atomic E-state index is 14.6. The van der Waals surface area contributed by atoms with Crippen molar-refractivity contribution in [3.05, 3.63) is 46.2 Å². The molecule has 5 rings (SSSR count). The van der Waals surface area contributed by atoms with Crippen LogP contribution >= 0.6 is 0 Å². The van der Waals surface area contributed by atoms with Gasteiger partial charge in [-0.25, -0.2) is 0 Å². The highest BCUT2D eigenvalue weighted by molar-refractivity contribution is 6.35. The number of aliphatic hydroxyl groups excluding tert-OH is 1. The molecule has 0 aromatic heterocycles.